The lowest BCUT2D eigenvalue weighted by Crippen LogP contribution is -2.19. The fraction of sp³-hybridized carbons (Fsp3) is 0.474. The van der Waals surface area contributed by atoms with Gasteiger partial charge >= 0.3 is 0 Å². The quantitative estimate of drug-likeness (QED) is 0.816. The molecular weight excluding hydrogens is 316 g/mol. The van der Waals surface area contributed by atoms with Crippen LogP contribution in [0.15, 0.2) is 30.5 Å². The van der Waals surface area contributed by atoms with Gasteiger partial charge in [0.15, 0.2) is 11.5 Å². The van der Waals surface area contributed by atoms with E-state index in [2.05, 4.69) is 20.6 Å². The molecule has 1 aliphatic carbocycles. The Labute approximate surface area is 148 Å². The number of rotatable bonds is 4. The van der Waals surface area contributed by atoms with Crippen LogP contribution in [0.2, 0.25) is 0 Å². The highest BCUT2D eigenvalue weighted by atomic mass is 16.6. The normalized spacial score (nSPS) is 17.6. The van der Waals surface area contributed by atoms with Gasteiger partial charge in [-0.3, -0.25) is 0 Å². The van der Waals surface area contributed by atoms with Gasteiger partial charge < -0.3 is 20.1 Å². The van der Waals surface area contributed by atoms with Gasteiger partial charge in [0, 0.05) is 24.0 Å². The molecule has 0 amide bonds. The Morgan fingerprint density at radius 1 is 0.920 bits per heavy atom. The highest BCUT2D eigenvalue weighted by Gasteiger charge is 2.14. The van der Waals surface area contributed by atoms with Crippen molar-refractivity contribution in [2.75, 3.05) is 23.8 Å². The molecule has 0 atom stereocenters. The van der Waals surface area contributed by atoms with Gasteiger partial charge in [0.25, 0.3) is 0 Å². The Kier molecular flexibility index (Phi) is 4.86. The molecule has 0 unspecified atom stereocenters. The number of anilines is 3. The van der Waals surface area contributed by atoms with E-state index in [-0.39, 0.29) is 0 Å². The smallest absolute Gasteiger partial charge is 0.229 e. The number of aromatic nitrogens is 2. The molecular formula is C19H24N4O2. The minimum absolute atomic E-state index is 0.513. The third kappa shape index (κ3) is 4.13. The zero-order chi connectivity index (χ0) is 16.9. The maximum Gasteiger partial charge on any atom is 0.229 e. The van der Waals surface area contributed by atoms with E-state index in [9.17, 15) is 0 Å². The second-order valence-corrected chi connectivity index (χ2v) is 6.58. The lowest BCUT2D eigenvalue weighted by molar-refractivity contribution is 0.171. The number of hydrogen-bond donors (Lipinski definition) is 2. The molecule has 6 heteroatoms. The molecule has 0 bridgehead atoms. The number of ether oxygens (including phenoxy) is 2. The van der Waals surface area contributed by atoms with E-state index in [1.165, 1.54) is 38.5 Å². The van der Waals surface area contributed by atoms with Crippen LogP contribution in [0.25, 0.3) is 0 Å². The molecule has 0 saturated heterocycles. The van der Waals surface area contributed by atoms with Crippen molar-refractivity contribution >= 4 is 17.5 Å². The summed E-state index contributed by atoms with van der Waals surface area (Å²) in [5, 5.41) is 6.81. The lowest BCUT2D eigenvalue weighted by atomic mass is 10.1. The Morgan fingerprint density at radius 2 is 1.72 bits per heavy atom. The van der Waals surface area contributed by atoms with Crippen LogP contribution in [-0.4, -0.2) is 29.2 Å². The van der Waals surface area contributed by atoms with Crippen LogP contribution in [0.4, 0.5) is 17.5 Å². The number of fused-ring (bicyclic) bond motifs is 1. The topological polar surface area (TPSA) is 68.3 Å². The van der Waals surface area contributed by atoms with Crippen LogP contribution in [0.1, 0.15) is 38.5 Å². The molecule has 4 rings (SSSR count). The summed E-state index contributed by atoms with van der Waals surface area (Å²) in [4.78, 5) is 8.92. The Morgan fingerprint density at radius 3 is 2.56 bits per heavy atom. The van der Waals surface area contributed by atoms with Crippen molar-refractivity contribution < 1.29 is 9.47 Å². The first-order valence-corrected chi connectivity index (χ1v) is 9.13. The average Bonchev–Trinajstić information content (AvgIpc) is 2.91. The number of hydrogen-bond acceptors (Lipinski definition) is 6. The van der Waals surface area contributed by atoms with Gasteiger partial charge in [-0.15, -0.1) is 0 Å². The summed E-state index contributed by atoms with van der Waals surface area (Å²) in [6, 6.07) is 8.22. The van der Waals surface area contributed by atoms with Crippen LogP contribution in [0.3, 0.4) is 0 Å². The van der Waals surface area contributed by atoms with E-state index in [1.54, 1.807) is 6.20 Å². The zero-order valence-electron chi connectivity index (χ0n) is 14.3. The standard InChI is InChI=1S/C19H24N4O2/c1-2-4-6-14(5-3-1)21-18-9-10-20-19(23-18)22-15-7-8-16-17(13-15)25-12-11-24-16/h7-10,13-14H,1-6,11-12H2,(H2,20,21,22,23). The van der Waals surface area contributed by atoms with E-state index in [0.29, 0.717) is 25.2 Å². The molecule has 132 valence electrons. The fourth-order valence-electron chi connectivity index (χ4n) is 3.38. The Balaban J connectivity index is 1.44. The SMILES string of the molecule is c1cc(NC2CCCCCC2)nc(Nc2ccc3c(c2)OCCO3)n1. The highest BCUT2D eigenvalue weighted by molar-refractivity contribution is 5.60. The predicted octanol–water partition coefficient (Wildman–Crippen LogP) is 4.13. The van der Waals surface area contributed by atoms with E-state index in [4.69, 9.17) is 9.47 Å². The molecule has 1 aromatic heterocycles. The summed E-state index contributed by atoms with van der Waals surface area (Å²) in [6.45, 7) is 1.17. The van der Waals surface area contributed by atoms with E-state index in [0.717, 1.165) is 23.0 Å². The summed E-state index contributed by atoms with van der Waals surface area (Å²) in [5.41, 5.74) is 0.885. The molecule has 2 aromatic rings. The summed E-state index contributed by atoms with van der Waals surface area (Å²) in [6.07, 6.45) is 9.50. The molecule has 1 fully saturated rings. The molecule has 1 aliphatic heterocycles. The Bertz CT molecular complexity index is 714. The second kappa shape index (κ2) is 7.59. The van der Waals surface area contributed by atoms with Crippen molar-refractivity contribution in [1.82, 2.24) is 9.97 Å². The van der Waals surface area contributed by atoms with Crippen molar-refractivity contribution in [3.63, 3.8) is 0 Å². The van der Waals surface area contributed by atoms with Gasteiger partial charge in [0.2, 0.25) is 5.95 Å². The van der Waals surface area contributed by atoms with Crippen molar-refractivity contribution in [1.29, 1.82) is 0 Å². The third-order valence-electron chi connectivity index (χ3n) is 4.66. The summed E-state index contributed by atoms with van der Waals surface area (Å²) in [7, 11) is 0. The van der Waals surface area contributed by atoms with Crippen molar-refractivity contribution in [2.24, 2.45) is 0 Å². The maximum atomic E-state index is 5.62. The minimum atomic E-state index is 0.513. The van der Waals surface area contributed by atoms with Crippen LogP contribution < -0.4 is 20.1 Å². The molecule has 1 aromatic carbocycles. The van der Waals surface area contributed by atoms with E-state index >= 15 is 0 Å². The lowest BCUT2D eigenvalue weighted by Gasteiger charge is -2.19. The van der Waals surface area contributed by atoms with Gasteiger partial charge in [-0.1, -0.05) is 25.7 Å². The largest absolute Gasteiger partial charge is 0.486 e. The summed E-state index contributed by atoms with van der Waals surface area (Å²) in [5.74, 6) is 2.99. The maximum absolute atomic E-state index is 5.62. The van der Waals surface area contributed by atoms with Crippen LogP contribution in [0, 0.1) is 0 Å². The van der Waals surface area contributed by atoms with Gasteiger partial charge in [-0.2, -0.15) is 4.98 Å². The van der Waals surface area contributed by atoms with E-state index < -0.39 is 0 Å². The van der Waals surface area contributed by atoms with Crippen molar-refractivity contribution in [3.8, 4) is 11.5 Å². The van der Waals surface area contributed by atoms with Gasteiger partial charge in [0.1, 0.15) is 19.0 Å². The molecule has 2 heterocycles. The second-order valence-electron chi connectivity index (χ2n) is 6.58. The first kappa shape index (κ1) is 16.0. The average molecular weight is 340 g/mol. The molecule has 1 saturated carbocycles. The van der Waals surface area contributed by atoms with Gasteiger partial charge in [-0.25, -0.2) is 4.98 Å². The summed E-state index contributed by atoms with van der Waals surface area (Å²) >= 11 is 0. The van der Waals surface area contributed by atoms with Gasteiger partial charge in [0.05, 0.1) is 0 Å². The molecule has 0 radical (unpaired) electrons. The molecule has 2 N–H and O–H groups in total. The van der Waals surface area contributed by atoms with E-state index in [1.807, 2.05) is 24.3 Å². The first-order valence-electron chi connectivity index (χ1n) is 9.13. The van der Waals surface area contributed by atoms with Crippen LogP contribution >= 0.6 is 0 Å². The summed E-state index contributed by atoms with van der Waals surface area (Å²) < 4.78 is 11.2. The number of nitrogens with one attached hydrogen (secondary N) is 2. The fourth-order valence-corrected chi connectivity index (χ4v) is 3.38. The Hall–Kier alpha value is -2.50. The molecule has 25 heavy (non-hydrogen) atoms. The molecule has 0 spiro atoms. The zero-order valence-corrected chi connectivity index (χ0v) is 14.3. The highest BCUT2D eigenvalue weighted by Crippen LogP contribution is 2.33. The predicted molar refractivity (Wildman–Crippen MR) is 97.9 cm³/mol. The van der Waals surface area contributed by atoms with Crippen molar-refractivity contribution in [3.05, 3.63) is 30.5 Å². The number of nitrogens with zero attached hydrogens (tertiary/aromatic N) is 2. The van der Waals surface area contributed by atoms with Crippen LogP contribution in [-0.2, 0) is 0 Å². The van der Waals surface area contributed by atoms with Crippen LogP contribution in [0.5, 0.6) is 11.5 Å². The minimum Gasteiger partial charge on any atom is -0.486 e. The molecule has 6 nitrogen and oxygen atoms in total. The molecule has 2 aliphatic rings. The number of benzene rings is 1. The van der Waals surface area contributed by atoms with Gasteiger partial charge in [-0.05, 0) is 31.0 Å². The monoisotopic (exact) mass is 340 g/mol. The first-order chi connectivity index (χ1) is 12.4. The van der Waals surface area contributed by atoms with Crippen molar-refractivity contribution in [2.45, 2.75) is 44.6 Å². The third-order valence-corrected chi connectivity index (χ3v) is 4.66.